The second-order valence-corrected chi connectivity index (χ2v) is 8.55. The third-order valence-corrected chi connectivity index (χ3v) is 6.14. The molecule has 1 aliphatic rings. The fourth-order valence-electron chi connectivity index (χ4n) is 4.30. The van der Waals surface area contributed by atoms with Crippen molar-refractivity contribution in [3.8, 4) is 5.88 Å². The zero-order valence-corrected chi connectivity index (χ0v) is 18.7. The van der Waals surface area contributed by atoms with Gasteiger partial charge in [0, 0.05) is 12.6 Å². The molecule has 0 radical (unpaired) electrons. The van der Waals surface area contributed by atoms with E-state index in [1.54, 1.807) is 17.2 Å². The molecule has 2 atom stereocenters. The van der Waals surface area contributed by atoms with Crippen LogP contribution in [-0.4, -0.2) is 37.7 Å². The molecule has 0 aliphatic heterocycles. The summed E-state index contributed by atoms with van der Waals surface area (Å²) in [5.41, 5.74) is 0.655. The Balaban J connectivity index is 1.58. The molecule has 172 valence electrons. The quantitative estimate of drug-likeness (QED) is 0.547. The number of unbranched alkanes of at least 4 members (excludes halogenated alkanes) is 1. The lowest BCUT2D eigenvalue weighted by Crippen LogP contribution is -2.43. The van der Waals surface area contributed by atoms with Crippen LogP contribution in [-0.2, 0) is 17.9 Å². The van der Waals surface area contributed by atoms with Gasteiger partial charge >= 0.3 is 5.69 Å². The van der Waals surface area contributed by atoms with Gasteiger partial charge in [-0.25, -0.2) is 9.78 Å². The molecule has 3 heterocycles. The number of aryl methyl sites for hydroxylation is 1. The van der Waals surface area contributed by atoms with E-state index in [4.69, 9.17) is 9.15 Å². The monoisotopic (exact) mass is 441 g/mol. The van der Waals surface area contributed by atoms with Crippen LogP contribution in [0.2, 0.25) is 0 Å². The summed E-state index contributed by atoms with van der Waals surface area (Å²) in [6, 6.07) is 3.85. The Bertz CT molecular complexity index is 1100. The molecule has 4 rings (SSSR count). The number of nitrogens with one attached hydrogen (secondary N) is 1. The molecule has 9 nitrogen and oxygen atoms in total. The van der Waals surface area contributed by atoms with Crippen LogP contribution in [0.15, 0.2) is 33.9 Å². The van der Waals surface area contributed by atoms with Gasteiger partial charge in [0.25, 0.3) is 5.91 Å². The SMILES string of the molecule is CCCCn1c(=O)nc(OCC(=O)N[C@H]2CCCC[C@@H]2C)c2c1ncn2Cc1ccco1. The number of carbonyl (C=O) groups is 1. The number of fused-ring (bicyclic) bond motifs is 1. The first kappa shape index (κ1) is 22.1. The van der Waals surface area contributed by atoms with Gasteiger partial charge in [-0.05, 0) is 37.3 Å². The summed E-state index contributed by atoms with van der Waals surface area (Å²) in [5.74, 6) is 1.11. The average molecular weight is 442 g/mol. The first-order valence-electron chi connectivity index (χ1n) is 11.5. The van der Waals surface area contributed by atoms with Crippen molar-refractivity contribution in [1.82, 2.24) is 24.4 Å². The molecule has 9 heteroatoms. The summed E-state index contributed by atoms with van der Waals surface area (Å²) in [7, 11) is 0. The maximum Gasteiger partial charge on any atom is 0.352 e. The number of aromatic nitrogens is 4. The fraction of sp³-hybridized carbons (Fsp3) is 0.565. The van der Waals surface area contributed by atoms with Gasteiger partial charge in [0.2, 0.25) is 5.88 Å². The molecule has 1 aliphatic carbocycles. The molecule has 0 saturated heterocycles. The van der Waals surface area contributed by atoms with E-state index in [9.17, 15) is 9.59 Å². The van der Waals surface area contributed by atoms with Gasteiger partial charge in [0.05, 0.1) is 19.1 Å². The summed E-state index contributed by atoms with van der Waals surface area (Å²) in [6.07, 6.45) is 9.48. The fourth-order valence-corrected chi connectivity index (χ4v) is 4.30. The van der Waals surface area contributed by atoms with Crippen LogP contribution < -0.4 is 15.7 Å². The number of amides is 1. The lowest BCUT2D eigenvalue weighted by molar-refractivity contribution is -0.124. The largest absolute Gasteiger partial charge is 0.467 e. The minimum atomic E-state index is -0.425. The lowest BCUT2D eigenvalue weighted by Gasteiger charge is -2.29. The minimum absolute atomic E-state index is 0.119. The number of rotatable bonds is 9. The molecule has 0 bridgehead atoms. The Morgan fingerprint density at radius 2 is 2.19 bits per heavy atom. The van der Waals surface area contributed by atoms with Crippen LogP contribution >= 0.6 is 0 Å². The number of furan rings is 1. The van der Waals surface area contributed by atoms with Crippen molar-refractivity contribution in [1.29, 1.82) is 0 Å². The number of imidazole rings is 1. The van der Waals surface area contributed by atoms with E-state index >= 15 is 0 Å². The van der Waals surface area contributed by atoms with Crippen molar-refractivity contribution >= 4 is 17.1 Å². The number of hydrogen-bond acceptors (Lipinski definition) is 6. The van der Waals surface area contributed by atoms with E-state index in [1.165, 1.54) is 6.42 Å². The molecule has 1 fully saturated rings. The van der Waals surface area contributed by atoms with Crippen molar-refractivity contribution in [2.75, 3.05) is 6.61 Å². The highest BCUT2D eigenvalue weighted by molar-refractivity contribution is 5.80. The predicted octanol–water partition coefficient (Wildman–Crippen LogP) is 3.11. The average Bonchev–Trinajstić information content (AvgIpc) is 3.44. The molecule has 3 aromatic heterocycles. The normalized spacial score (nSPS) is 18.7. The first-order valence-corrected chi connectivity index (χ1v) is 11.5. The Hall–Kier alpha value is -3.10. The zero-order valence-electron chi connectivity index (χ0n) is 18.7. The molecule has 0 aromatic carbocycles. The van der Waals surface area contributed by atoms with Crippen molar-refractivity contribution in [3.63, 3.8) is 0 Å². The Kier molecular flexibility index (Phi) is 6.92. The highest BCUT2D eigenvalue weighted by Crippen LogP contribution is 2.24. The van der Waals surface area contributed by atoms with Crippen molar-refractivity contribution in [3.05, 3.63) is 41.0 Å². The summed E-state index contributed by atoms with van der Waals surface area (Å²) >= 11 is 0. The summed E-state index contributed by atoms with van der Waals surface area (Å²) in [5, 5.41) is 3.07. The van der Waals surface area contributed by atoms with Gasteiger partial charge in [-0.1, -0.05) is 33.1 Å². The summed E-state index contributed by atoms with van der Waals surface area (Å²) in [4.78, 5) is 33.9. The minimum Gasteiger partial charge on any atom is -0.467 e. The third kappa shape index (κ3) is 4.87. The molecule has 0 spiro atoms. The second-order valence-electron chi connectivity index (χ2n) is 8.55. The van der Waals surface area contributed by atoms with Crippen LogP contribution in [0.25, 0.3) is 11.2 Å². The number of hydrogen-bond donors (Lipinski definition) is 1. The van der Waals surface area contributed by atoms with Gasteiger partial charge in [-0.3, -0.25) is 9.36 Å². The smallest absolute Gasteiger partial charge is 0.352 e. The van der Waals surface area contributed by atoms with E-state index in [1.807, 2.05) is 16.7 Å². The van der Waals surface area contributed by atoms with E-state index in [2.05, 4.69) is 29.1 Å². The number of nitrogens with zero attached hydrogens (tertiary/aromatic N) is 4. The van der Waals surface area contributed by atoms with E-state index in [0.29, 0.717) is 30.2 Å². The zero-order chi connectivity index (χ0) is 22.5. The topological polar surface area (TPSA) is 104 Å². The molecule has 1 saturated carbocycles. The van der Waals surface area contributed by atoms with E-state index in [0.717, 1.165) is 37.9 Å². The van der Waals surface area contributed by atoms with Crippen LogP contribution in [0.3, 0.4) is 0 Å². The van der Waals surface area contributed by atoms with Crippen molar-refractivity contribution in [2.24, 2.45) is 5.92 Å². The van der Waals surface area contributed by atoms with Gasteiger partial charge in [-0.2, -0.15) is 4.98 Å². The molecular weight excluding hydrogens is 410 g/mol. The maximum absolute atomic E-state index is 12.7. The van der Waals surface area contributed by atoms with Crippen LogP contribution in [0, 0.1) is 5.92 Å². The van der Waals surface area contributed by atoms with Crippen LogP contribution in [0.1, 0.15) is 58.1 Å². The van der Waals surface area contributed by atoms with Gasteiger partial charge in [0.1, 0.15) is 11.3 Å². The molecule has 1 amide bonds. The summed E-state index contributed by atoms with van der Waals surface area (Å²) < 4.78 is 14.6. The molecule has 3 aromatic rings. The summed E-state index contributed by atoms with van der Waals surface area (Å²) in [6.45, 7) is 4.97. The van der Waals surface area contributed by atoms with E-state index in [-0.39, 0.29) is 24.4 Å². The highest BCUT2D eigenvalue weighted by Gasteiger charge is 2.24. The Morgan fingerprint density at radius 3 is 2.94 bits per heavy atom. The number of carbonyl (C=O) groups excluding carboxylic acids is 1. The Morgan fingerprint density at radius 1 is 1.34 bits per heavy atom. The van der Waals surface area contributed by atoms with Gasteiger partial charge in [-0.15, -0.1) is 0 Å². The van der Waals surface area contributed by atoms with Gasteiger partial charge < -0.3 is 19.0 Å². The Labute approximate surface area is 186 Å². The van der Waals surface area contributed by atoms with Crippen LogP contribution in [0.5, 0.6) is 5.88 Å². The van der Waals surface area contributed by atoms with Crippen molar-refractivity contribution < 1.29 is 13.9 Å². The molecule has 32 heavy (non-hydrogen) atoms. The van der Waals surface area contributed by atoms with Gasteiger partial charge in [0.15, 0.2) is 12.3 Å². The molecule has 0 unspecified atom stereocenters. The molecular formula is C23H31N5O4. The van der Waals surface area contributed by atoms with Crippen molar-refractivity contribution in [2.45, 2.75) is 71.5 Å². The molecule has 1 N–H and O–H groups in total. The standard InChI is InChI=1S/C23H31N5O4/c1-3-4-11-28-21-20(27(15-24-21)13-17-9-7-12-31-17)22(26-23(28)30)32-14-19(29)25-18-10-6-5-8-16(18)2/h7,9,12,15-16,18H,3-6,8,10-11,13-14H2,1-2H3,(H,25,29)/t16-,18-/m0/s1. The maximum atomic E-state index is 12.7. The predicted molar refractivity (Wildman–Crippen MR) is 120 cm³/mol. The first-order chi connectivity index (χ1) is 15.6. The second kappa shape index (κ2) is 10.0. The van der Waals surface area contributed by atoms with E-state index < -0.39 is 5.69 Å². The lowest BCUT2D eigenvalue weighted by atomic mass is 9.86. The van der Waals surface area contributed by atoms with Crippen LogP contribution in [0.4, 0.5) is 0 Å². The third-order valence-electron chi connectivity index (χ3n) is 6.14. The highest BCUT2D eigenvalue weighted by atomic mass is 16.5. The number of ether oxygens (including phenoxy) is 1.